The molecule has 0 bridgehead atoms. The van der Waals surface area contributed by atoms with Gasteiger partial charge in [-0.3, -0.25) is 10.0 Å². The molecule has 1 rings (SSSR count). The van der Waals surface area contributed by atoms with Gasteiger partial charge >= 0.3 is 0 Å². The lowest BCUT2D eigenvalue weighted by atomic mass is 9.83. The van der Waals surface area contributed by atoms with Crippen molar-refractivity contribution in [3.63, 3.8) is 0 Å². The second-order valence-electron chi connectivity index (χ2n) is 3.43. The Labute approximate surface area is 80.5 Å². The van der Waals surface area contributed by atoms with Crippen LogP contribution in [0.25, 0.3) is 0 Å². The van der Waals surface area contributed by atoms with Crippen LogP contribution >= 0.6 is 0 Å². The number of nitrogens with one attached hydrogen (secondary N) is 1. The van der Waals surface area contributed by atoms with Crippen LogP contribution in [0.15, 0.2) is 0 Å². The minimum absolute atomic E-state index is 0.0520. The maximum Gasteiger partial charge on any atom is 0.246 e. The molecule has 0 spiro atoms. The molecular weight excluding hydrogens is 166 g/mol. The van der Waals surface area contributed by atoms with Gasteiger partial charge in [0.15, 0.2) is 0 Å². The van der Waals surface area contributed by atoms with E-state index in [1.807, 2.05) is 13.8 Å². The second-order valence-corrected chi connectivity index (χ2v) is 3.43. The lowest BCUT2D eigenvalue weighted by Crippen LogP contribution is -2.30. The standard InChI is InChI=1S/C8H15NO2.C2H6/c1-6-2-4-7(5-3-6)8(10)9-11;1-2/h6-7,11H,2-5H2,1H3,(H,9,10);1-2H3. The zero-order chi connectivity index (χ0) is 10.3. The van der Waals surface area contributed by atoms with Crippen LogP contribution in [0.3, 0.4) is 0 Å². The Balaban J connectivity index is 0.000000671. The smallest absolute Gasteiger partial charge is 0.246 e. The van der Waals surface area contributed by atoms with Crippen LogP contribution in [0.5, 0.6) is 0 Å². The first kappa shape index (κ1) is 12.4. The average molecular weight is 187 g/mol. The molecule has 13 heavy (non-hydrogen) atoms. The Morgan fingerprint density at radius 1 is 1.23 bits per heavy atom. The van der Waals surface area contributed by atoms with E-state index in [4.69, 9.17) is 5.21 Å². The van der Waals surface area contributed by atoms with E-state index in [2.05, 4.69) is 6.92 Å². The molecule has 0 radical (unpaired) electrons. The van der Waals surface area contributed by atoms with Crippen molar-refractivity contribution in [3.8, 4) is 0 Å². The van der Waals surface area contributed by atoms with Gasteiger partial charge < -0.3 is 0 Å². The fourth-order valence-electron chi connectivity index (χ4n) is 1.61. The average Bonchev–Trinajstić information content (AvgIpc) is 2.21. The Morgan fingerprint density at radius 3 is 2.08 bits per heavy atom. The Kier molecular flexibility index (Phi) is 6.59. The first-order valence-electron chi connectivity index (χ1n) is 5.18. The summed E-state index contributed by atoms with van der Waals surface area (Å²) in [7, 11) is 0. The molecule has 78 valence electrons. The molecule has 0 heterocycles. The molecule has 1 saturated carbocycles. The van der Waals surface area contributed by atoms with Crippen LogP contribution in [0.2, 0.25) is 0 Å². The largest absolute Gasteiger partial charge is 0.289 e. The molecule has 0 unspecified atom stereocenters. The zero-order valence-electron chi connectivity index (χ0n) is 8.84. The molecule has 1 aliphatic carbocycles. The number of hydrogen-bond acceptors (Lipinski definition) is 2. The third kappa shape index (κ3) is 4.27. The molecule has 1 fully saturated rings. The topological polar surface area (TPSA) is 49.3 Å². The van der Waals surface area contributed by atoms with Gasteiger partial charge in [-0.05, 0) is 31.6 Å². The highest BCUT2D eigenvalue weighted by atomic mass is 16.5. The van der Waals surface area contributed by atoms with E-state index in [1.165, 1.54) is 0 Å². The highest BCUT2D eigenvalue weighted by molar-refractivity contribution is 5.77. The van der Waals surface area contributed by atoms with Gasteiger partial charge in [0.05, 0.1) is 0 Å². The molecule has 3 nitrogen and oxygen atoms in total. The van der Waals surface area contributed by atoms with Gasteiger partial charge in [-0.2, -0.15) is 0 Å². The fourth-order valence-corrected chi connectivity index (χ4v) is 1.61. The number of carbonyl (C=O) groups is 1. The van der Waals surface area contributed by atoms with E-state index in [0.717, 1.165) is 31.6 Å². The molecule has 1 amide bonds. The summed E-state index contributed by atoms with van der Waals surface area (Å²) >= 11 is 0. The van der Waals surface area contributed by atoms with Crippen molar-refractivity contribution in [1.82, 2.24) is 5.48 Å². The highest BCUT2D eigenvalue weighted by Gasteiger charge is 2.23. The third-order valence-corrected chi connectivity index (χ3v) is 2.50. The van der Waals surface area contributed by atoms with Crippen molar-refractivity contribution in [2.75, 3.05) is 0 Å². The summed E-state index contributed by atoms with van der Waals surface area (Å²) in [5, 5.41) is 8.35. The predicted octanol–water partition coefficient (Wildman–Crippen LogP) is 2.34. The predicted molar refractivity (Wildman–Crippen MR) is 52.4 cm³/mol. The van der Waals surface area contributed by atoms with Crippen LogP contribution in [0.1, 0.15) is 46.5 Å². The van der Waals surface area contributed by atoms with E-state index >= 15 is 0 Å². The number of hydrogen-bond donors (Lipinski definition) is 2. The van der Waals surface area contributed by atoms with Crippen molar-refractivity contribution >= 4 is 5.91 Å². The Bertz CT molecular complexity index is 140. The zero-order valence-corrected chi connectivity index (χ0v) is 8.84. The monoisotopic (exact) mass is 187 g/mol. The number of rotatable bonds is 1. The van der Waals surface area contributed by atoms with E-state index in [1.54, 1.807) is 5.48 Å². The highest BCUT2D eigenvalue weighted by Crippen LogP contribution is 2.27. The molecule has 0 saturated heterocycles. The van der Waals surface area contributed by atoms with Crippen molar-refractivity contribution in [2.45, 2.75) is 46.5 Å². The Hall–Kier alpha value is -0.570. The van der Waals surface area contributed by atoms with Gasteiger partial charge in [-0.15, -0.1) is 0 Å². The number of hydroxylamine groups is 1. The third-order valence-electron chi connectivity index (χ3n) is 2.50. The minimum Gasteiger partial charge on any atom is -0.289 e. The van der Waals surface area contributed by atoms with Crippen molar-refractivity contribution < 1.29 is 10.0 Å². The fraction of sp³-hybridized carbons (Fsp3) is 0.900. The van der Waals surface area contributed by atoms with Gasteiger partial charge in [0.25, 0.3) is 0 Å². The van der Waals surface area contributed by atoms with E-state index in [0.29, 0.717) is 0 Å². The lowest BCUT2D eigenvalue weighted by Gasteiger charge is -2.23. The summed E-state index contributed by atoms with van der Waals surface area (Å²) in [5.41, 5.74) is 1.71. The van der Waals surface area contributed by atoms with Gasteiger partial charge in [0, 0.05) is 5.92 Å². The van der Waals surface area contributed by atoms with Crippen LogP contribution in [0.4, 0.5) is 0 Å². The normalized spacial score (nSPS) is 27.1. The maximum absolute atomic E-state index is 10.9. The van der Waals surface area contributed by atoms with E-state index < -0.39 is 0 Å². The molecule has 0 atom stereocenters. The summed E-state index contributed by atoms with van der Waals surface area (Å²) in [5.74, 6) is 0.589. The summed E-state index contributed by atoms with van der Waals surface area (Å²) in [4.78, 5) is 10.9. The van der Waals surface area contributed by atoms with Crippen LogP contribution in [0, 0.1) is 11.8 Å². The quantitative estimate of drug-likeness (QED) is 0.489. The summed E-state index contributed by atoms with van der Waals surface area (Å²) in [6, 6.07) is 0. The SMILES string of the molecule is CC.CC1CCC(C(=O)NO)CC1. The minimum atomic E-state index is -0.211. The molecule has 0 aromatic heterocycles. The van der Waals surface area contributed by atoms with Gasteiger partial charge in [-0.1, -0.05) is 20.8 Å². The number of amides is 1. The molecule has 1 aliphatic rings. The molecule has 0 aromatic rings. The van der Waals surface area contributed by atoms with Crippen molar-refractivity contribution in [1.29, 1.82) is 0 Å². The van der Waals surface area contributed by atoms with E-state index in [9.17, 15) is 4.79 Å². The molecule has 3 heteroatoms. The van der Waals surface area contributed by atoms with Crippen LogP contribution in [-0.4, -0.2) is 11.1 Å². The summed E-state index contributed by atoms with van der Waals surface area (Å²) in [6.07, 6.45) is 4.07. The molecule has 2 N–H and O–H groups in total. The molecule has 0 aromatic carbocycles. The number of carbonyl (C=O) groups excluding carboxylic acids is 1. The van der Waals surface area contributed by atoms with Crippen LogP contribution < -0.4 is 5.48 Å². The molecular formula is C10H21NO2. The van der Waals surface area contributed by atoms with Gasteiger partial charge in [0.2, 0.25) is 5.91 Å². The second kappa shape index (κ2) is 6.89. The van der Waals surface area contributed by atoms with E-state index in [-0.39, 0.29) is 11.8 Å². The van der Waals surface area contributed by atoms with Crippen LogP contribution in [-0.2, 0) is 4.79 Å². The maximum atomic E-state index is 10.9. The first-order valence-corrected chi connectivity index (χ1v) is 5.18. The summed E-state index contributed by atoms with van der Waals surface area (Å²) in [6.45, 7) is 6.20. The molecule has 0 aliphatic heterocycles. The van der Waals surface area contributed by atoms with Gasteiger partial charge in [0.1, 0.15) is 0 Å². The van der Waals surface area contributed by atoms with Crippen molar-refractivity contribution in [3.05, 3.63) is 0 Å². The van der Waals surface area contributed by atoms with Gasteiger partial charge in [-0.25, -0.2) is 5.48 Å². The lowest BCUT2D eigenvalue weighted by molar-refractivity contribution is -0.134. The van der Waals surface area contributed by atoms with Crippen molar-refractivity contribution in [2.24, 2.45) is 11.8 Å². The Morgan fingerprint density at radius 2 is 1.69 bits per heavy atom. The first-order chi connectivity index (χ1) is 6.24. The summed E-state index contributed by atoms with van der Waals surface area (Å²) < 4.78 is 0.